The van der Waals surface area contributed by atoms with Crippen LogP contribution in [0.4, 0.5) is 13.2 Å². The van der Waals surface area contributed by atoms with E-state index >= 15 is 0 Å². The second kappa shape index (κ2) is 14.5. The van der Waals surface area contributed by atoms with E-state index in [1.54, 1.807) is 0 Å². The predicted octanol–water partition coefficient (Wildman–Crippen LogP) is 7.58. The molecule has 5 aliphatic rings. The normalized spacial score (nSPS) is 23.2. The molecule has 9 rings (SSSR count). The highest BCUT2D eigenvalue weighted by atomic mass is 19.4. The lowest BCUT2D eigenvalue weighted by molar-refractivity contribution is -0.139. The Morgan fingerprint density at radius 3 is 2.15 bits per heavy atom. The number of benzene rings is 3. The van der Waals surface area contributed by atoms with Crippen molar-refractivity contribution >= 4 is 11.6 Å². The van der Waals surface area contributed by atoms with Crippen molar-refractivity contribution < 1.29 is 41.5 Å². The fourth-order valence-electron chi connectivity index (χ4n) is 7.99. The summed E-state index contributed by atoms with van der Waals surface area (Å²) in [4.78, 5) is 28.7. The Morgan fingerprint density at radius 1 is 0.943 bits per heavy atom. The SMILES string of the molecule is CC.CNC.O=C1C2=C3O[C@]34C(=O)c3c(OCc5ccccc5)noc3C[C@@H]4CC2Cc2c1c(OCc1ccccc1)cc(C1CCN1)c2C(F)(F)F. The Balaban J connectivity index is 0.000000830. The Morgan fingerprint density at radius 2 is 1.57 bits per heavy atom. The highest BCUT2D eigenvalue weighted by molar-refractivity contribution is 6.17. The molecule has 0 amide bonds. The van der Waals surface area contributed by atoms with Gasteiger partial charge in [0.05, 0.1) is 11.1 Å². The topological polar surface area (TPSA) is 115 Å². The zero-order chi connectivity index (χ0) is 37.5. The molecule has 2 aliphatic heterocycles. The van der Waals surface area contributed by atoms with Crippen molar-refractivity contribution in [1.29, 1.82) is 0 Å². The van der Waals surface area contributed by atoms with Crippen LogP contribution in [0.2, 0.25) is 0 Å². The van der Waals surface area contributed by atoms with Crippen molar-refractivity contribution in [2.75, 3.05) is 20.6 Å². The first-order chi connectivity index (χ1) is 25.7. The van der Waals surface area contributed by atoms with Crippen LogP contribution < -0.4 is 20.1 Å². The third-order valence-corrected chi connectivity index (χ3v) is 10.4. The zero-order valence-corrected chi connectivity index (χ0v) is 30.1. The van der Waals surface area contributed by atoms with Gasteiger partial charge >= 0.3 is 6.18 Å². The zero-order valence-electron chi connectivity index (χ0n) is 30.1. The van der Waals surface area contributed by atoms with Gasteiger partial charge in [-0.3, -0.25) is 9.59 Å². The molecule has 278 valence electrons. The molecule has 2 N–H and O–H groups in total. The molecule has 12 heteroatoms. The van der Waals surface area contributed by atoms with Gasteiger partial charge in [0.1, 0.15) is 24.5 Å². The smallest absolute Gasteiger partial charge is 0.417 e. The second-order valence-electron chi connectivity index (χ2n) is 13.6. The molecule has 3 aromatic carbocycles. The van der Waals surface area contributed by atoms with Crippen molar-refractivity contribution in [2.24, 2.45) is 11.8 Å². The minimum absolute atomic E-state index is 0.0319. The van der Waals surface area contributed by atoms with Crippen LogP contribution in [0.1, 0.15) is 87.0 Å². The third-order valence-electron chi connectivity index (χ3n) is 10.4. The number of carbonyl (C=O) groups excluding carboxylic acids is 2. The molecule has 0 bridgehead atoms. The van der Waals surface area contributed by atoms with E-state index in [4.69, 9.17) is 18.7 Å². The highest BCUT2D eigenvalue weighted by Crippen LogP contribution is 2.63. The Labute approximate surface area is 305 Å². The number of ether oxygens (including phenoxy) is 3. The number of fused-ring (bicyclic) bond motifs is 3. The molecule has 2 unspecified atom stereocenters. The van der Waals surface area contributed by atoms with Gasteiger partial charge in [-0.15, -0.1) is 0 Å². The lowest BCUT2D eigenvalue weighted by atomic mass is 9.62. The average Bonchev–Trinajstić information content (AvgIpc) is 3.75. The second-order valence-corrected chi connectivity index (χ2v) is 13.6. The molecule has 0 radical (unpaired) electrons. The number of allylic oxidation sites excluding steroid dienone is 1. The maximum absolute atomic E-state index is 14.9. The van der Waals surface area contributed by atoms with Gasteiger partial charge < -0.3 is 29.4 Å². The highest BCUT2D eigenvalue weighted by Gasteiger charge is 2.72. The van der Waals surface area contributed by atoms with Crippen molar-refractivity contribution in [3.05, 3.63) is 123 Å². The first-order valence-corrected chi connectivity index (χ1v) is 18.1. The van der Waals surface area contributed by atoms with E-state index < -0.39 is 46.8 Å². The quantitative estimate of drug-likeness (QED) is 0.186. The summed E-state index contributed by atoms with van der Waals surface area (Å²) >= 11 is 0. The number of aromatic nitrogens is 1. The summed E-state index contributed by atoms with van der Waals surface area (Å²) in [5.41, 5.74) is -0.102. The summed E-state index contributed by atoms with van der Waals surface area (Å²) in [5, 5.41) is 9.89. The van der Waals surface area contributed by atoms with Crippen LogP contribution in [0.15, 0.2) is 82.6 Å². The van der Waals surface area contributed by atoms with Crippen molar-refractivity contribution in [3.63, 3.8) is 0 Å². The molecule has 2 fully saturated rings. The number of nitrogens with one attached hydrogen (secondary N) is 2. The minimum Gasteiger partial charge on any atom is -0.488 e. The number of rotatable bonds is 7. The first kappa shape index (κ1) is 36.4. The third kappa shape index (κ3) is 6.31. The van der Waals surface area contributed by atoms with Gasteiger partial charge in [0.25, 0.3) is 5.88 Å². The molecule has 3 heterocycles. The van der Waals surface area contributed by atoms with E-state index in [0.717, 1.165) is 11.1 Å². The van der Waals surface area contributed by atoms with Gasteiger partial charge in [0.15, 0.2) is 17.3 Å². The van der Waals surface area contributed by atoms with E-state index in [-0.39, 0.29) is 77.7 Å². The van der Waals surface area contributed by atoms with Crippen LogP contribution in [0, 0.1) is 11.8 Å². The Kier molecular flexibility index (Phi) is 9.94. The average molecular weight is 730 g/mol. The van der Waals surface area contributed by atoms with Crippen LogP contribution in [-0.4, -0.2) is 43.0 Å². The van der Waals surface area contributed by atoms with E-state index in [2.05, 4.69) is 15.8 Å². The van der Waals surface area contributed by atoms with E-state index in [0.29, 0.717) is 18.7 Å². The fourth-order valence-corrected chi connectivity index (χ4v) is 7.99. The maximum Gasteiger partial charge on any atom is 0.417 e. The van der Waals surface area contributed by atoms with Gasteiger partial charge in [0, 0.05) is 24.0 Å². The number of epoxide rings is 1. The summed E-state index contributed by atoms with van der Waals surface area (Å²) in [7, 11) is 3.75. The number of alkyl halides is 3. The van der Waals surface area contributed by atoms with Gasteiger partial charge in [-0.1, -0.05) is 74.5 Å². The van der Waals surface area contributed by atoms with Crippen LogP contribution in [-0.2, 0) is 37.0 Å². The molecule has 4 atom stereocenters. The van der Waals surface area contributed by atoms with E-state index in [1.165, 1.54) is 6.07 Å². The lowest BCUT2D eigenvalue weighted by Crippen LogP contribution is -2.45. The number of hydrogen-bond donors (Lipinski definition) is 2. The first-order valence-electron chi connectivity index (χ1n) is 18.1. The predicted molar refractivity (Wildman–Crippen MR) is 190 cm³/mol. The van der Waals surface area contributed by atoms with Crippen LogP contribution in [0.25, 0.3) is 0 Å². The van der Waals surface area contributed by atoms with Gasteiger partial charge in [-0.05, 0) is 79.3 Å². The fraction of sp³-hybridized carbons (Fsp3) is 0.390. The Hall–Kier alpha value is -4.94. The van der Waals surface area contributed by atoms with Crippen LogP contribution in [0.5, 0.6) is 11.6 Å². The van der Waals surface area contributed by atoms with Crippen molar-refractivity contribution in [2.45, 2.75) is 70.6 Å². The minimum atomic E-state index is -4.69. The summed E-state index contributed by atoms with van der Waals surface area (Å²) in [6.45, 7) is 4.85. The summed E-state index contributed by atoms with van der Waals surface area (Å²) < 4.78 is 68.6. The molecule has 3 aliphatic carbocycles. The molecular formula is C41H42F3N3O6. The number of nitrogens with zero attached hydrogens (tertiary/aromatic N) is 1. The summed E-state index contributed by atoms with van der Waals surface area (Å²) in [6, 6.07) is 19.5. The monoisotopic (exact) mass is 729 g/mol. The van der Waals surface area contributed by atoms with Gasteiger partial charge in [-0.2, -0.15) is 13.2 Å². The largest absolute Gasteiger partial charge is 0.488 e. The number of hydrogen-bond acceptors (Lipinski definition) is 9. The maximum atomic E-state index is 14.9. The number of halogens is 3. The summed E-state index contributed by atoms with van der Waals surface area (Å²) in [5.74, 6) is -1.24. The molecule has 2 saturated heterocycles. The number of carbonyl (C=O) groups is 2. The molecule has 0 saturated carbocycles. The number of ketones is 2. The van der Waals surface area contributed by atoms with Crippen LogP contribution >= 0.6 is 0 Å². The molecule has 4 aromatic rings. The van der Waals surface area contributed by atoms with E-state index in [9.17, 15) is 22.8 Å². The Bertz CT molecular complexity index is 2040. The standard InChI is InChI=1S/C37H29F3N2O6.C2H7N.C2H6/c38-37(39,40)31-23(25-11-12-41-25)16-26(45-17-19-7-3-1-4-8-19)29-24(31)14-21-13-22-15-27-30(33(44)36(22)34(47-36)28(21)32(29)43)35(42-48-27)46-18-20-9-5-2-6-10-20;1-3-2;1-2/h1-10,16,21-22,25,41H,11-15,17-18H2;3H,1-2H3;1-2H3/t21?,22-,25?,36+;;/m0../s1. The molecule has 9 nitrogen and oxygen atoms in total. The van der Waals surface area contributed by atoms with Crippen molar-refractivity contribution in [3.8, 4) is 11.6 Å². The van der Waals surface area contributed by atoms with E-state index in [1.807, 2.05) is 88.6 Å². The summed E-state index contributed by atoms with van der Waals surface area (Å²) in [6.07, 6.45) is -3.63. The van der Waals surface area contributed by atoms with Gasteiger partial charge in [0.2, 0.25) is 11.4 Å². The molecule has 1 aromatic heterocycles. The number of Topliss-reactive ketones (excluding diaryl/α,β-unsaturated/α-hetero) is 2. The molecule has 53 heavy (non-hydrogen) atoms. The van der Waals surface area contributed by atoms with Crippen molar-refractivity contribution in [1.82, 2.24) is 15.8 Å². The molecular weight excluding hydrogens is 687 g/mol. The lowest BCUT2D eigenvalue weighted by Gasteiger charge is -2.38. The van der Waals surface area contributed by atoms with Gasteiger partial charge in [-0.25, -0.2) is 0 Å². The van der Waals surface area contributed by atoms with Crippen LogP contribution in [0.3, 0.4) is 0 Å². The molecule has 1 spiro atoms.